The zero-order valence-electron chi connectivity index (χ0n) is 15.5. The third kappa shape index (κ3) is 3.49. The molecular weight excluding hydrogens is 330 g/mol. The van der Waals surface area contributed by atoms with Gasteiger partial charge in [-0.25, -0.2) is 4.68 Å². The van der Waals surface area contributed by atoms with Crippen molar-refractivity contribution in [2.75, 3.05) is 18.0 Å². The molecule has 6 heteroatoms. The summed E-state index contributed by atoms with van der Waals surface area (Å²) in [5.41, 5.74) is 0.746. The number of carbonyl (C=O) groups excluding carboxylic acids is 1. The van der Waals surface area contributed by atoms with Gasteiger partial charge in [-0.3, -0.25) is 9.59 Å². The maximum Gasteiger partial charge on any atom is 0.252 e. The summed E-state index contributed by atoms with van der Waals surface area (Å²) < 4.78 is 1.43. The van der Waals surface area contributed by atoms with E-state index in [4.69, 9.17) is 0 Å². The Labute approximate surface area is 153 Å². The van der Waals surface area contributed by atoms with Crippen LogP contribution in [0, 0.1) is 11.8 Å². The topological polar surface area (TPSA) is 75.4 Å². The number of hydrogen-bond donors (Lipinski definition) is 1. The van der Waals surface area contributed by atoms with Gasteiger partial charge in [0.25, 0.3) is 5.43 Å². The maximum absolute atomic E-state index is 11.9. The molecule has 1 fully saturated rings. The molecule has 0 radical (unpaired) electrons. The van der Waals surface area contributed by atoms with Crippen molar-refractivity contribution >= 4 is 11.5 Å². The third-order valence-electron chi connectivity index (χ3n) is 5.19. The van der Waals surface area contributed by atoms with E-state index in [2.05, 4.69) is 23.8 Å². The number of benzene rings is 1. The van der Waals surface area contributed by atoms with Crippen molar-refractivity contribution in [1.29, 1.82) is 0 Å². The molecule has 138 valence electrons. The van der Waals surface area contributed by atoms with E-state index in [-0.39, 0.29) is 5.69 Å². The highest BCUT2D eigenvalue weighted by molar-refractivity contribution is 5.92. The second-order valence-electron chi connectivity index (χ2n) is 7.25. The molecule has 2 aromatic rings. The smallest absolute Gasteiger partial charge is 0.252 e. The highest BCUT2D eigenvalue weighted by atomic mass is 16.3. The standard InChI is InChI=1S/C20H25N3O3/c1-13(2)15-8-10-22(11-9-15)16-6-4-5-7-17(16)23-12-18(25)20(26)19(21-23)14(3)24/h4-7,12-13,15,25H,8-11H2,1-3H3. The van der Waals surface area contributed by atoms with E-state index in [1.54, 1.807) is 0 Å². The molecule has 1 aromatic carbocycles. The van der Waals surface area contributed by atoms with Crippen LogP contribution in [0.3, 0.4) is 0 Å². The molecule has 1 aliphatic rings. The highest BCUT2D eigenvalue weighted by Gasteiger charge is 2.24. The summed E-state index contributed by atoms with van der Waals surface area (Å²) in [6, 6.07) is 7.73. The zero-order chi connectivity index (χ0) is 18.8. The fourth-order valence-corrected chi connectivity index (χ4v) is 3.56. The summed E-state index contributed by atoms with van der Waals surface area (Å²) in [5.74, 6) is 0.480. The number of anilines is 1. The number of rotatable bonds is 4. The number of para-hydroxylation sites is 2. The predicted octanol–water partition coefficient (Wildman–Crippen LogP) is 3.01. The Bertz CT molecular complexity index is 865. The van der Waals surface area contributed by atoms with E-state index < -0.39 is 17.0 Å². The Morgan fingerprint density at radius 1 is 1.19 bits per heavy atom. The van der Waals surface area contributed by atoms with Gasteiger partial charge in [-0.2, -0.15) is 5.10 Å². The van der Waals surface area contributed by atoms with E-state index in [9.17, 15) is 14.7 Å². The van der Waals surface area contributed by atoms with Gasteiger partial charge >= 0.3 is 0 Å². The maximum atomic E-state index is 11.9. The average Bonchev–Trinajstić information content (AvgIpc) is 2.63. The van der Waals surface area contributed by atoms with Crippen LogP contribution in [0.25, 0.3) is 5.69 Å². The number of nitrogens with zero attached hydrogens (tertiary/aromatic N) is 3. The molecule has 1 aliphatic heterocycles. The number of hydrogen-bond acceptors (Lipinski definition) is 5. The molecule has 0 amide bonds. The second-order valence-corrected chi connectivity index (χ2v) is 7.25. The zero-order valence-corrected chi connectivity index (χ0v) is 15.5. The first-order valence-corrected chi connectivity index (χ1v) is 9.06. The van der Waals surface area contributed by atoms with Gasteiger partial charge in [0.15, 0.2) is 17.2 Å². The third-order valence-corrected chi connectivity index (χ3v) is 5.19. The summed E-state index contributed by atoms with van der Waals surface area (Å²) in [6.45, 7) is 7.71. The van der Waals surface area contributed by atoms with Crippen molar-refractivity contribution in [3.8, 4) is 11.4 Å². The van der Waals surface area contributed by atoms with Crippen molar-refractivity contribution in [2.24, 2.45) is 11.8 Å². The van der Waals surface area contributed by atoms with Crippen molar-refractivity contribution < 1.29 is 9.90 Å². The Hall–Kier alpha value is -2.63. The van der Waals surface area contributed by atoms with E-state index >= 15 is 0 Å². The first-order chi connectivity index (χ1) is 12.4. The van der Waals surface area contributed by atoms with Crippen molar-refractivity contribution in [3.63, 3.8) is 0 Å². The highest BCUT2D eigenvalue weighted by Crippen LogP contribution is 2.31. The summed E-state index contributed by atoms with van der Waals surface area (Å²) in [6.07, 6.45) is 3.54. The molecule has 6 nitrogen and oxygen atoms in total. The van der Waals surface area contributed by atoms with Gasteiger partial charge in [0.2, 0.25) is 0 Å². The second kappa shape index (κ2) is 7.32. The average molecular weight is 355 g/mol. The minimum absolute atomic E-state index is 0.252. The lowest BCUT2D eigenvalue weighted by atomic mass is 9.86. The van der Waals surface area contributed by atoms with Crippen LogP contribution in [0.4, 0.5) is 5.69 Å². The number of Topliss-reactive ketones (excluding diaryl/α,β-unsaturated/α-hetero) is 1. The molecule has 0 atom stereocenters. The number of aromatic nitrogens is 2. The fourth-order valence-electron chi connectivity index (χ4n) is 3.56. The fraction of sp³-hybridized carbons (Fsp3) is 0.450. The first kappa shape index (κ1) is 18.2. The molecular formula is C20H25N3O3. The van der Waals surface area contributed by atoms with Crippen LogP contribution in [-0.4, -0.2) is 33.8 Å². The van der Waals surface area contributed by atoms with Crippen LogP contribution in [0.1, 0.15) is 44.1 Å². The Balaban J connectivity index is 1.99. The van der Waals surface area contributed by atoms with E-state index in [0.717, 1.165) is 43.2 Å². The molecule has 1 N–H and O–H groups in total. The number of aromatic hydroxyl groups is 1. The van der Waals surface area contributed by atoms with Gasteiger partial charge in [0.05, 0.1) is 17.6 Å². The van der Waals surface area contributed by atoms with Gasteiger partial charge in [-0.1, -0.05) is 26.0 Å². The molecule has 0 unspecified atom stereocenters. The van der Waals surface area contributed by atoms with Gasteiger partial charge < -0.3 is 10.0 Å². The predicted molar refractivity (Wildman–Crippen MR) is 101 cm³/mol. The van der Waals surface area contributed by atoms with Gasteiger partial charge in [-0.05, 0) is 36.8 Å². The molecule has 3 rings (SSSR count). The number of carbonyl (C=O) groups is 1. The lowest BCUT2D eigenvalue weighted by molar-refractivity contribution is 0.100. The molecule has 0 saturated carbocycles. The first-order valence-electron chi connectivity index (χ1n) is 9.06. The van der Waals surface area contributed by atoms with Gasteiger partial charge in [0, 0.05) is 20.0 Å². The quantitative estimate of drug-likeness (QED) is 0.853. The lowest BCUT2D eigenvalue weighted by Crippen LogP contribution is -2.36. The molecule has 1 aromatic heterocycles. The summed E-state index contributed by atoms with van der Waals surface area (Å²) >= 11 is 0. The molecule has 26 heavy (non-hydrogen) atoms. The summed E-state index contributed by atoms with van der Waals surface area (Å²) in [5, 5.41) is 14.1. The van der Waals surface area contributed by atoms with Crippen LogP contribution >= 0.6 is 0 Å². The molecule has 0 spiro atoms. The van der Waals surface area contributed by atoms with Crippen LogP contribution in [0.2, 0.25) is 0 Å². The van der Waals surface area contributed by atoms with E-state index in [1.165, 1.54) is 17.8 Å². The van der Waals surface area contributed by atoms with E-state index in [0.29, 0.717) is 5.92 Å². The lowest BCUT2D eigenvalue weighted by Gasteiger charge is -2.36. The Morgan fingerprint density at radius 3 is 2.38 bits per heavy atom. The molecule has 0 bridgehead atoms. The molecule has 2 heterocycles. The normalized spacial score (nSPS) is 15.5. The van der Waals surface area contributed by atoms with Gasteiger partial charge in [-0.15, -0.1) is 0 Å². The SMILES string of the molecule is CC(=O)c1nn(-c2ccccc2N2CCC(C(C)C)CC2)cc(O)c1=O. The van der Waals surface area contributed by atoms with Crippen molar-refractivity contribution in [2.45, 2.75) is 33.6 Å². The van der Waals surface area contributed by atoms with E-state index in [1.807, 2.05) is 24.3 Å². The minimum Gasteiger partial charge on any atom is -0.503 e. The number of ketones is 1. The van der Waals surface area contributed by atoms with Crippen molar-refractivity contribution in [3.05, 3.63) is 46.4 Å². The number of piperidine rings is 1. The van der Waals surface area contributed by atoms with Crippen LogP contribution < -0.4 is 10.3 Å². The summed E-state index contributed by atoms with van der Waals surface area (Å²) in [7, 11) is 0. The largest absolute Gasteiger partial charge is 0.503 e. The molecule has 0 aliphatic carbocycles. The minimum atomic E-state index is -0.732. The Morgan fingerprint density at radius 2 is 1.81 bits per heavy atom. The monoisotopic (exact) mass is 355 g/mol. The van der Waals surface area contributed by atoms with Gasteiger partial charge in [0.1, 0.15) is 0 Å². The van der Waals surface area contributed by atoms with Crippen LogP contribution in [0.15, 0.2) is 35.3 Å². The van der Waals surface area contributed by atoms with Crippen LogP contribution in [0.5, 0.6) is 5.75 Å². The summed E-state index contributed by atoms with van der Waals surface area (Å²) in [4.78, 5) is 25.9. The Kier molecular flexibility index (Phi) is 5.11. The molecule has 1 saturated heterocycles. The van der Waals surface area contributed by atoms with Crippen molar-refractivity contribution in [1.82, 2.24) is 9.78 Å². The van der Waals surface area contributed by atoms with Crippen LogP contribution in [-0.2, 0) is 0 Å².